The molecule has 0 saturated heterocycles. The van der Waals surface area contributed by atoms with Crippen LogP contribution in [0.3, 0.4) is 0 Å². The summed E-state index contributed by atoms with van der Waals surface area (Å²) >= 11 is 0. The number of benzene rings is 1. The van der Waals surface area contributed by atoms with Gasteiger partial charge in [0.05, 0.1) is 5.56 Å². The van der Waals surface area contributed by atoms with Crippen LogP contribution in [-0.4, -0.2) is 6.54 Å². The van der Waals surface area contributed by atoms with Crippen LogP contribution in [-0.2, 0) is 0 Å². The largest absolute Gasteiger partial charge is 0.398 e. The number of hydrogen-bond acceptors (Lipinski definition) is 3. The third-order valence-electron chi connectivity index (χ3n) is 4.31. The monoisotopic (exact) mass is 257 g/mol. The first-order chi connectivity index (χ1) is 9.22. The first-order valence-corrected chi connectivity index (χ1v) is 7.26. The van der Waals surface area contributed by atoms with Gasteiger partial charge in [-0.1, -0.05) is 26.2 Å². The SMILES string of the molecule is CCC1CCC(CNc2ccc(N)c(C#N)c2)CC1. The molecule has 0 aliphatic heterocycles. The van der Waals surface area contributed by atoms with Crippen LogP contribution in [0, 0.1) is 23.2 Å². The summed E-state index contributed by atoms with van der Waals surface area (Å²) in [5.41, 5.74) is 7.83. The molecular weight excluding hydrogens is 234 g/mol. The van der Waals surface area contributed by atoms with Crippen molar-refractivity contribution in [2.45, 2.75) is 39.0 Å². The first kappa shape index (κ1) is 13.7. The van der Waals surface area contributed by atoms with E-state index in [4.69, 9.17) is 11.0 Å². The molecule has 0 unspecified atom stereocenters. The van der Waals surface area contributed by atoms with Crippen LogP contribution in [0.5, 0.6) is 0 Å². The van der Waals surface area contributed by atoms with Gasteiger partial charge in [0.2, 0.25) is 0 Å². The van der Waals surface area contributed by atoms with Gasteiger partial charge in [0.25, 0.3) is 0 Å². The number of nitrogens with one attached hydrogen (secondary N) is 1. The zero-order valence-corrected chi connectivity index (χ0v) is 11.7. The minimum atomic E-state index is 0.552. The van der Waals surface area contributed by atoms with Crippen molar-refractivity contribution < 1.29 is 0 Å². The highest BCUT2D eigenvalue weighted by molar-refractivity contribution is 5.61. The summed E-state index contributed by atoms with van der Waals surface area (Å²) in [5.74, 6) is 1.71. The molecule has 0 aromatic heterocycles. The quantitative estimate of drug-likeness (QED) is 0.807. The minimum absolute atomic E-state index is 0.552. The standard InChI is InChI=1S/C16H23N3/c1-2-12-3-5-13(6-4-12)11-19-15-7-8-16(18)14(9-15)10-17/h7-9,12-13,19H,2-6,11,18H2,1H3. The Kier molecular flexibility index (Phi) is 4.68. The molecule has 1 aliphatic carbocycles. The molecule has 0 bridgehead atoms. The van der Waals surface area contributed by atoms with Crippen LogP contribution in [0.25, 0.3) is 0 Å². The molecule has 0 radical (unpaired) electrons. The summed E-state index contributed by atoms with van der Waals surface area (Å²) in [6.45, 7) is 3.30. The number of nitrogens with two attached hydrogens (primary N) is 1. The van der Waals surface area contributed by atoms with Crippen LogP contribution in [0.15, 0.2) is 18.2 Å². The fraction of sp³-hybridized carbons (Fsp3) is 0.562. The molecule has 1 saturated carbocycles. The Balaban J connectivity index is 1.85. The number of nitrogen functional groups attached to an aromatic ring is 1. The van der Waals surface area contributed by atoms with Crippen molar-refractivity contribution in [1.29, 1.82) is 5.26 Å². The predicted molar refractivity (Wildman–Crippen MR) is 79.8 cm³/mol. The minimum Gasteiger partial charge on any atom is -0.398 e. The molecule has 1 aromatic rings. The highest BCUT2D eigenvalue weighted by atomic mass is 14.9. The molecule has 3 N–H and O–H groups in total. The Morgan fingerprint density at radius 1 is 1.26 bits per heavy atom. The second-order valence-corrected chi connectivity index (χ2v) is 5.59. The van der Waals surface area contributed by atoms with E-state index in [2.05, 4.69) is 18.3 Å². The van der Waals surface area contributed by atoms with Crippen LogP contribution >= 0.6 is 0 Å². The maximum atomic E-state index is 8.96. The number of nitriles is 1. The summed E-state index contributed by atoms with van der Waals surface area (Å²) in [6, 6.07) is 7.71. The van der Waals surface area contributed by atoms with E-state index in [0.717, 1.165) is 24.1 Å². The van der Waals surface area contributed by atoms with E-state index in [1.807, 2.05) is 12.1 Å². The Bertz CT molecular complexity index is 454. The average Bonchev–Trinajstić information content (AvgIpc) is 2.47. The van der Waals surface area contributed by atoms with E-state index in [-0.39, 0.29) is 0 Å². The van der Waals surface area contributed by atoms with Gasteiger partial charge in [-0.05, 0) is 42.9 Å². The average molecular weight is 257 g/mol. The van der Waals surface area contributed by atoms with Crippen LogP contribution in [0.2, 0.25) is 0 Å². The summed E-state index contributed by atoms with van der Waals surface area (Å²) in [4.78, 5) is 0. The molecule has 19 heavy (non-hydrogen) atoms. The molecule has 2 rings (SSSR count). The molecular formula is C16H23N3. The van der Waals surface area contributed by atoms with Crippen LogP contribution < -0.4 is 11.1 Å². The van der Waals surface area contributed by atoms with E-state index in [1.54, 1.807) is 6.07 Å². The van der Waals surface area contributed by atoms with E-state index in [0.29, 0.717) is 11.3 Å². The first-order valence-electron chi connectivity index (χ1n) is 7.26. The lowest BCUT2D eigenvalue weighted by atomic mass is 9.81. The number of rotatable bonds is 4. The van der Waals surface area contributed by atoms with Crippen molar-refractivity contribution in [1.82, 2.24) is 0 Å². The van der Waals surface area contributed by atoms with Crippen molar-refractivity contribution in [3.8, 4) is 6.07 Å². The van der Waals surface area contributed by atoms with E-state index in [1.165, 1.54) is 32.1 Å². The van der Waals surface area contributed by atoms with Crippen LogP contribution in [0.4, 0.5) is 11.4 Å². The summed E-state index contributed by atoms with van der Waals surface area (Å²) in [5, 5.41) is 12.4. The topological polar surface area (TPSA) is 61.8 Å². The van der Waals surface area contributed by atoms with Gasteiger partial charge >= 0.3 is 0 Å². The number of anilines is 2. The second kappa shape index (κ2) is 6.47. The van der Waals surface area contributed by atoms with E-state index < -0.39 is 0 Å². The molecule has 1 fully saturated rings. The molecule has 102 valence electrons. The van der Waals surface area contributed by atoms with E-state index >= 15 is 0 Å². The van der Waals surface area contributed by atoms with Crippen molar-refractivity contribution >= 4 is 11.4 Å². The maximum Gasteiger partial charge on any atom is 0.101 e. The van der Waals surface area contributed by atoms with Crippen molar-refractivity contribution in [2.75, 3.05) is 17.6 Å². The highest BCUT2D eigenvalue weighted by Crippen LogP contribution is 2.30. The zero-order chi connectivity index (χ0) is 13.7. The van der Waals surface area contributed by atoms with Gasteiger partial charge in [0.15, 0.2) is 0 Å². The highest BCUT2D eigenvalue weighted by Gasteiger charge is 2.19. The number of nitrogens with zero attached hydrogens (tertiary/aromatic N) is 1. The third kappa shape index (κ3) is 3.64. The Morgan fingerprint density at radius 3 is 2.58 bits per heavy atom. The lowest BCUT2D eigenvalue weighted by Crippen LogP contribution is -2.21. The fourth-order valence-electron chi connectivity index (χ4n) is 2.87. The van der Waals surface area contributed by atoms with Gasteiger partial charge in [-0.3, -0.25) is 0 Å². The Labute approximate surface area is 115 Å². The molecule has 1 aromatic carbocycles. The lowest BCUT2D eigenvalue weighted by Gasteiger charge is -2.28. The smallest absolute Gasteiger partial charge is 0.101 e. The van der Waals surface area contributed by atoms with Gasteiger partial charge in [-0.2, -0.15) is 5.26 Å². The Morgan fingerprint density at radius 2 is 1.95 bits per heavy atom. The van der Waals surface area contributed by atoms with Gasteiger partial charge in [0, 0.05) is 17.9 Å². The summed E-state index contributed by atoms with van der Waals surface area (Å²) in [6.07, 6.45) is 6.71. The molecule has 0 atom stereocenters. The Hall–Kier alpha value is -1.69. The predicted octanol–water partition coefficient (Wildman–Crippen LogP) is 3.77. The molecule has 3 heteroatoms. The molecule has 0 amide bonds. The molecule has 0 heterocycles. The van der Waals surface area contributed by atoms with Gasteiger partial charge < -0.3 is 11.1 Å². The van der Waals surface area contributed by atoms with Crippen molar-refractivity contribution in [2.24, 2.45) is 11.8 Å². The van der Waals surface area contributed by atoms with Crippen molar-refractivity contribution in [3.63, 3.8) is 0 Å². The van der Waals surface area contributed by atoms with Crippen LogP contribution in [0.1, 0.15) is 44.6 Å². The molecule has 3 nitrogen and oxygen atoms in total. The summed E-state index contributed by atoms with van der Waals surface area (Å²) < 4.78 is 0. The fourth-order valence-corrected chi connectivity index (χ4v) is 2.87. The van der Waals surface area contributed by atoms with Gasteiger partial charge in [-0.15, -0.1) is 0 Å². The van der Waals surface area contributed by atoms with E-state index in [9.17, 15) is 0 Å². The molecule has 0 spiro atoms. The summed E-state index contributed by atoms with van der Waals surface area (Å²) in [7, 11) is 0. The zero-order valence-electron chi connectivity index (χ0n) is 11.7. The maximum absolute atomic E-state index is 8.96. The molecule has 1 aliphatic rings. The van der Waals surface area contributed by atoms with Crippen molar-refractivity contribution in [3.05, 3.63) is 23.8 Å². The second-order valence-electron chi connectivity index (χ2n) is 5.59. The normalized spacial score (nSPS) is 22.7. The lowest BCUT2D eigenvalue weighted by molar-refractivity contribution is 0.278. The van der Waals surface area contributed by atoms with Gasteiger partial charge in [0.1, 0.15) is 6.07 Å². The number of hydrogen-bond donors (Lipinski definition) is 2. The van der Waals surface area contributed by atoms with Gasteiger partial charge in [-0.25, -0.2) is 0 Å². The third-order valence-corrected chi connectivity index (χ3v) is 4.31.